The van der Waals surface area contributed by atoms with Crippen molar-refractivity contribution in [2.75, 3.05) is 11.4 Å². The Hall–Kier alpha value is -1.69. The number of likely N-dealkylation sites (N-methyl/N-ethyl adjacent to an activating group) is 1. The third kappa shape index (κ3) is 2.25. The third-order valence-corrected chi connectivity index (χ3v) is 12.5. The number of rotatable bonds is 2. The third-order valence-electron chi connectivity index (χ3n) is 6.38. The van der Waals surface area contributed by atoms with Crippen molar-refractivity contribution >= 4 is 65.0 Å². The van der Waals surface area contributed by atoms with Crippen molar-refractivity contribution in [1.29, 1.82) is 0 Å². The molecule has 0 unspecified atom stereocenters. The van der Waals surface area contributed by atoms with E-state index in [1.54, 1.807) is 49.5 Å². The van der Waals surface area contributed by atoms with Gasteiger partial charge in [-0.2, -0.15) is 0 Å². The van der Waals surface area contributed by atoms with Gasteiger partial charge in [-0.3, -0.25) is 14.5 Å². The van der Waals surface area contributed by atoms with E-state index < -0.39 is 30.8 Å². The second-order valence-electron chi connectivity index (χ2n) is 7.98. The molecule has 2 aromatic carbocycles. The van der Waals surface area contributed by atoms with Crippen LogP contribution in [0.4, 0.5) is 5.69 Å². The second kappa shape index (κ2) is 6.21. The van der Waals surface area contributed by atoms with Gasteiger partial charge in [0.05, 0.1) is 14.9 Å². The average molecular weight is 538 g/mol. The lowest BCUT2D eigenvalue weighted by atomic mass is 9.95. The number of carbonyl (C=O) groups is 2. The summed E-state index contributed by atoms with van der Waals surface area (Å²) in [4.78, 5) is 28.9. The number of piperazine rings is 1. The molecule has 2 aromatic rings. The zero-order valence-electron chi connectivity index (χ0n) is 16.1. The number of para-hydroxylation sites is 1. The second-order valence-corrected chi connectivity index (χ2v) is 13.8. The van der Waals surface area contributed by atoms with E-state index in [4.69, 9.17) is 0 Å². The highest BCUT2D eigenvalue weighted by Crippen LogP contribution is 2.69. The Bertz CT molecular complexity index is 1260. The molecule has 31 heavy (non-hydrogen) atoms. The normalized spacial score (nSPS) is 33.5. The van der Waals surface area contributed by atoms with Crippen molar-refractivity contribution in [1.82, 2.24) is 9.80 Å². The maximum absolute atomic E-state index is 13.9. The van der Waals surface area contributed by atoms with E-state index in [1.165, 1.54) is 35.7 Å². The predicted molar refractivity (Wildman–Crippen MR) is 123 cm³/mol. The summed E-state index contributed by atoms with van der Waals surface area (Å²) >= 11 is 3.84. The number of benzene rings is 2. The van der Waals surface area contributed by atoms with Crippen LogP contribution in [0.5, 0.6) is 0 Å². The van der Waals surface area contributed by atoms with Crippen molar-refractivity contribution in [2.24, 2.45) is 0 Å². The number of nitrogens with zero attached hydrogens (tertiary/aromatic N) is 3. The molecule has 2 amide bonds. The number of carbonyl (C=O) groups excluding carboxylic acids is 2. The summed E-state index contributed by atoms with van der Waals surface area (Å²) in [6.45, 7) is 0. The summed E-state index contributed by atoms with van der Waals surface area (Å²) in [6, 6.07) is 15.5. The molecule has 4 atom stereocenters. The molecule has 7 nitrogen and oxygen atoms in total. The Morgan fingerprint density at radius 3 is 2.48 bits per heavy atom. The van der Waals surface area contributed by atoms with Gasteiger partial charge in [0.2, 0.25) is 0 Å². The Labute approximate surface area is 195 Å². The van der Waals surface area contributed by atoms with Gasteiger partial charge in [-0.05, 0) is 23.8 Å². The number of halogens is 1. The maximum atomic E-state index is 13.9. The molecule has 11 heteroatoms. The van der Waals surface area contributed by atoms with E-state index in [-0.39, 0.29) is 23.1 Å². The molecule has 5 aliphatic heterocycles. The van der Waals surface area contributed by atoms with Crippen molar-refractivity contribution in [3.8, 4) is 0 Å². The van der Waals surface area contributed by atoms with Crippen LogP contribution in [-0.2, 0) is 23.9 Å². The van der Waals surface area contributed by atoms with Crippen LogP contribution >= 0.6 is 37.5 Å². The standard InChI is InChI=1S/C20H16BrN3O4S3/c1-22-16-15(25)23-17-19(21,11-20(23,18(22)26)30-29-16)13-9-5-6-10-14(13)24(17)31(27,28)12-7-3-2-4-8-12/h2-10,16-17H,11H2,1H3/t16-,17+,19+,20-/m1/s1. The zero-order valence-corrected chi connectivity index (χ0v) is 20.2. The van der Waals surface area contributed by atoms with Crippen LogP contribution < -0.4 is 4.31 Å². The first-order chi connectivity index (χ1) is 14.7. The van der Waals surface area contributed by atoms with Crippen molar-refractivity contribution < 1.29 is 18.0 Å². The van der Waals surface area contributed by atoms with Gasteiger partial charge in [0.15, 0.2) is 10.2 Å². The van der Waals surface area contributed by atoms with Gasteiger partial charge in [-0.1, -0.05) is 73.9 Å². The average Bonchev–Trinajstić information content (AvgIpc) is 3.18. The minimum absolute atomic E-state index is 0.141. The van der Waals surface area contributed by atoms with Gasteiger partial charge >= 0.3 is 0 Å². The molecule has 0 aliphatic carbocycles. The fraction of sp³-hybridized carbons (Fsp3) is 0.300. The summed E-state index contributed by atoms with van der Waals surface area (Å²) in [7, 11) is 0.366. The summed E-state index contributed by atoms with van der Waals surface area (Å²) in [5, 5.41) is -0.667. The Morgan fingerprint density at radius 2 is 1.74 bits per heavy atom. The zero-order chi connectivity index (χ0) is 21.8. The molecular weight excluding hydrogens is 522 g/mol. The molecule has 5 aliphatic rings. The highest BCUT2D eigenvalue weighted by Gasteiger charge is 2.76. The quantitative estimate of drug-likeness (QED) is 0.433. The Balaban J connectivity index is 1.62. The summed E-state index contributed by atoms with van der Waals surface area (Å²) < 4.78 is 28.2. The SMILES string of the molecule is CN1C(=O)[C@]23C[C@]4(Br)c5ccccc5N(S(=O)(=O)c5ccccc5)[C@@H]4N2C(=O)[C@H]1SS3. The van der Waals surface area contributed by atoms with Crippen LogP contribution in [0.3, 0.4) is 0 Å². The molecule has 2 bridgehead atoms. The van der Waals surface area contributed by atoms with E-state index in [2.05, 4.69) is 15.9 Å². The van der Waals surface area contributed by atoms with Crippen molar-refractivity contribution in [3.05, 3.63) is 60.2 Å². The molecular formula is C20H16BrN3O4S3. The highest BCUT2D eigenvalue weighted by atomic mass is 79.9. The number of hydrogen-bond acceptors (Lipinski definition) is 6. The van der Waals surface area contributed by atoms with Gasteiger partial charge in [0.25, 0.3) is 21.8 Å². The molecule has 0 N–H and O–H groups in total. The molecule has 0 aromatic heterocycles. The van der Waals surface area contributed by atoms with Gasteiger partial charge in [-0.15, -0.1) is 0 Å². The first-order valence-electron chi connectivity index (χ1n) is 9.56. The number of anilines is 1. The highest BCUT2D eigenvalue weighted by molar-refractivity contribution is 9.09. The van der Waals surface area contributed by atoms with Crippen LogP contribution in [0.15, 0.2) is 59.5 Å². The number of amides is 2. The molecule has 7 rings (SSSR count). The van der Waals surface area contributed by atoms with Crippen LogP contribution in [0.25, 0.3) is 0 Å². The summed E-state index contributed by atoms with van der Waals surface area (Å²) in [6.07, 6.45) is -0.599. The molecule has 1 spiro atoms. The molecule has 160 valence electrons. The van der Waals surface area contributed by atoms with E-state index in [0.29, 0.717) is 5.69 Å². The first kappa shape index (κ1) is 20.0. The van der Waals surface area contributed by atoms with Crippen LogP contribution in [0.1, 0.15) is 12.0 Å². The number of alkyl halides is 1. The molecule has 0 saturated carbocycles. The largest absolute Gasteiger partial charge is 0.322 e. The van der Waals surface area contributed by atoms with E-state index in [0.717, 1.165) is 5.56 Å². The van der Waals surface area contributed by atoms with E-state index in [1.807, 2.05) is 12.1 Å². The predicted octanol–water partition coefficient (Wildman–Crippen LogP) is 2.93. The Morgan fingerprint density at radius 1 is 1.06 bits per heavy atom. The summed E-state index contributed by atoms with van der Waals surface area (Å²) in [5.41, 5.74) is 1.29. The van der Waals surface area contributed by atoms with Gasteiger partial charge in [0, 0.05) is 13.5 Å². The fourth-order valence-corrected chi connectivity index (χ4v) is 11.7. The van der Waals surface area contributed by atoms with Crippen molar-refractivity contribution in [2.45, 2.75) is 32.1 Å². The van der Waals surface area contributed by atoms with E-state index in [9.17, 15) is 18.0 Å². The lowest BCUT2D eigenvalue weighted by molar-refractivity contribution is -0.158. The molecule has 4 saturated heterocycles. The first-order valence-corrected chi connectivity index (χ1v) is 14.0. The Kier molecular flexibility index (Phi) is 4.00. The maximum Gasteiger partial charge on any atom is 0.266 e. The molecule has 0 radical (unpaired) electrons. The minimum atomic E-state index is -4.00. The van der Waals surface area contributed by atoms with Gasteiger partial charge in [-0.25, -0.2) is 12.7 Å². The van der Waals surface area contributed by atoms with E-state index >= 15 is 0 Å². The van der Waals surface area contributed by atoms with Gasteiger partial charge in [0.1, 0.15) is 6.17 Å². The number of hydrogen-bond donors (Lipinski definition) is 0. The monoisotopic (exact) mass is 537 g/mol. The minimum Gasteiger partial charge on any atom is -0.322 e. The molecule has 5 heterocycles. The number of sulfonamides is 1. The van der Waals surface area contributed by atoms with Crippen molar-refractivity contribution in [3.63, 3.8) is 0 Å². The number of fused-ring (bicyclic) bond motifs is 5. The molecule has 4 fully saturated rings. The van der Waals surface area contributed by atoms with Gasteiger partial charge < -0.3 is 4.90 Å². The van der Waals surface area contributed by atoms with Crippen LogP contribution in [-0.4, -0.2) is 53.5 Å². The fourth-order valence-electron chi connectivity index (χ4n) is 5.05. The lowest BCUT2D eigenvalue weighted by Crippen LogP contribution is -2.72. The topological polar surface area (TPSA) is 78.0 Å². The van der Waals surface area contributed by atoms with Crippen LogP contribution in [0.2, 0.25) is 0 Å². The van der Waals surface area contributed by atoms with Crippen LogP contribution in [0, 0.1) is 0 Å². The smallest absolute Gasteiger partial charge is 0.266 e. The summed E-state index contributed by atoms with van der Waals surface area (Å²) in [5.74, 6) is -0.401. The lowest BCUT2D eigenvalue weighted by Gasteiger charge is -2.53.